The zero-order valence-corrected chi connectivity index (χ0v) is 10.7. The standard InChI is InChI=1S/C13H22N2O2/c1-11-5-6-15(8-12(10-16)14(11)2)9-13-4-3-7-17-13/h3-4,7,11-12,16H,5-6,8-10H2,1-2H3. The minimum atomic E-state index is 0.218. The number of likely N-dealkylation sites (N-methyl/N-ethyl adjacent to an activating group) is 1. The molecule has 0 radical (unpaired) electrons. The van der Waals surface area contributed by atoms with Crippen LogP contribution in [0.15, 0.2) is 22.8 Å². The number of hydrogen-bond acceptors (Lipinski definition) is 4. The van der Waals surface area contributed by atoms with Gasteiger partial charge in [-0.25, -0.2) is 0 Å². The molecule has 0 bridgehead atoms. The van der Waals surface area contributed by atoms with Crippen molar-refractivity contribution in [2.45, 2.75) is 32.0 Å². The quantitative estimate of drug-likeness (QED) is 0.858. The maximum atomic E-state index is 9.46. The lowest BCUT2D eigenvalue weighted by molar-refractivity contribution is 0.107. The average molecular weight is 238 g/mol. The maximum Gasteiger partial charge on any atom is 0.117 e. The molecule has 2 atom stereocenters. The Bertz CT molecular complexity index is 326. The number of aliphatic hydroxyl groups excluding tert-OH is 1. The van der Waals surface area contributed by atoms with E-state index < -0.39 is 0 Å². The highest BCUT2D eigenvalue weighted by molar-refractivity contribution is 4.98. The summed E-state index contributed by atoms with van der Waals surface area (Å²) >= 11 is 0. The van der Waals surface area contributed by atoms with Crippen molar-refractivity contribution in [3.8, 4) is 0 Å². The summed E-state index contributed by atoms with van der Waals surface area (Å²) in [7, 11) is 2.10. The van der Waals surface area contributed by atoms with Gasteiger partial charge >= 0.3 is 0 Å². The van der Waals surface area contributed by atoms with Crippen LogP contribution in [0.4, 0.5) is 0 Å². The predicted molar refractivity (Wildman–Crippen MR) is 66.7 cm³/mol. The maximum absolute atomic E-state index is 9.46. The normalized spacial score (nSPS) is 28.2. The topological polar surface area (TPSA) is 39.9 Å². The van der Waals surface area contributed by atoms with E-state index in [1.165, 1.54) is 0 Å². The SMILES string of the molecule is CC1CCN(Cc2ccco2)CC(CO)N1C. The van der Waals surface area contributed by atoms with E-state index in [0.717, 1.165) is 31.8 Å². The fraction of sp³-hybridized carbons (Fsp3) is 0.692. The van der Waals surface area contributed by atoms with Crippen LogP contribution in [0.5, 0.6) is 0 Å². The molecule has 1 aromatic rings. The highest BCUT2D eigenvalue weighted by Crippen LogP contribution is 2.16. The van der Waals surface area contributed by atoms with Crippen LogP contribution in [0.25, 0.3) is 0 Å². The van der Waals surface area contributed by atoms with Gasteiger partial charge in [0.2, 0.25) is 0 Å². The largest absolute Gasteiger partial charge is 0.468 e. The first-order valence-corrected chi connectivity index (χ1v) is 6.28. The van der Waals surface area contributed by atoms with Crippen molar-refractivity contribution in [3.63, 3.8) is 0 Å². The molecule has 2 unspecified atom stereocenters. The molecule has 2 rings (SSSR count). The molecule has 2 heterocycles. The van der Waals surface area contributed by atoms with Crippen molar-refractivity contribution in [1.82, 2.24) is 9.80 Å². The summed E-state index contributed by atoms with van der Waals surface area (Å²) in [6, 6.07) is 4.67. The highest BCUT2D eigenvalue weighted by Gasteiger charge is 2.26. The summed E-state index contributed by atoms with van der Waals surface area (Å²) in [4.78, 5) is 4.64. The van der Waals surface area contributed by atoms with Gasteiger partial charge in [-0.1, -0.05) is 0 Å². The van der Waals surface area contributed by atoms with Crippen molar-refractivity contribution in [1.29, 1.82) is 0 Å². The molecule has 0 saturated carbocycles. The van der Waals surface area contributed by atoms with Gasteiger partial charge in [-0.05, 0) is 32.5 Å². The van der Waals surface area contributed by atoms with Crippen LogP contribution in [-0.2, 0) is 6.54 Å². The summed E-state index contributed by atoms with van der Waals surface area (Å²) in [6.45, 7) is 5.24. The molecule has 0 aromatic carbocycles. The molecule has 1 aliphatic heterocycles. The number of nitrogens with zero attached hydrogens (tertiary/aromatic N) is 2. The first-order valence-electron chi connectivity index (χ1n) is 6.28. The van der Waals surface area contributed by atoms with Gasteiger partial charge in [0.1, 0.15) is 5.76 Å². The second-order valence-corrected chi connectivity index (χ2v) is 4.95. The minimum absolute atomic E-state index is 0.218. The minimum Gasteiger partial charge on any atom is -0.468 e. The van der Waals surface area contributed by atoms with E-state index in [1.54, 1.807) is 6.26 Å². The van der Waals surface area contributed by atoms with Crippen molar-refractivity contribution >= 4 is 0 Å². The van der Waals surface area contributed by atoms with Crippen LogP contribution in [-0.4, -0.2) is 53.7 Å². The van der Waals surface area contributed by atoms with Gasteiger partial charge < -0.3 is 9.52 Å². The lowest BCUT2D eigenvalue weighted by Gasteiger charge is -2.29. The molecule has 0 amide bonds. The van der Waals surface area contributed by atoms with E-state index in [0.29, 0.717) is 6.04 Å². The molecule has 4 heteroatoms. The molecule has 1 fully saturated rings. The van der Waals surface area contributed by atoms with Gasteiger partial charge in [0.25, 0.3) is 0 Å². The monoisotopic (exact) mass is 238 g/mol. The first kappa shape index (κ1) is 12.6. The van der Waals surface area contributed by atoms with E-state index in [1.807, 2.05) is 12.1 Å². The Labute approximate surface area is 103 Å². The number of aliphatic hydroxyl groups is 1. The molecule has 1 saturated heterocycles. The molecule has 4 nitrogen and oxygen atoms in total. The molecule has 1 aliphatic rings. The van der Waals surface area contributed by atoms with E-state index >= 15 is 0 Å². The number of furan rings is 1. The molecule has 0 spiro atoms. The summed E-state index contributed by atoms with van der Waals surface area (Å²) in [5, 5.41) is 9.46. The van der Waals surface area contributed by atoms with Crippen molar-refractivity contribution in [2.75, 3.05) is 26.7 Å². The van der Waals surface area contributed by atoms with E-state index in [4.69, 9.17) is 4.42 Å². The Kier molecular flexibility index (Phi) is 4.20. The second-order valence-electron chi connectivity index (χ2n) is 4.95. The Balaban J connectivity index is 1.99. The van der Waals surface area contributed by atoms with Crippen molar-refractivity contribution in [2.24, 2.45) is 0 Å². The van der Waals surface area contributed by atoms with Crippen LogP contribution in [0, 0.1) is 0 Å². The van der Waals surface area contributed by atoms with Crippen LogP contribution >= 0.6 is 0 Å². The second kappa shape index (κ2) is 5.67. The van der Waals surface area contributed by atoms with Gasteiger partial charge in [-0.15, -0.1) is 0 Å². The van der Waals surface area contributed by atoms with Crippen molar-refractivity contribution in [3.05, 3.63) is 24.2 Å². The molecule has 17 heavy (non-hydrogen) atoms. The molecular weight excluding hydrogens is 216 g/mol. The van der Waals surface area contributed by atoms with Gasteiger partial charge in [-0.2, -0.15) is 0 Å². The zero-order chi connectivity index (χ0) is 12.3. The lowest BCUT2D eigenvalue weighted by atomic mass is 10.2. The van der Waals surface area contributed by atoms with Crippen LogP contribution in [0.1, 0.15) is 19.1 Å². The molecule has 1 N–H and O–H groups in total. The third-order valence-corrected chi connectivity index (χ3v) is 3.77. The Morgan fingerprint density at radius 1 is 1.53 bits per heavy atom. The van der Waals surface area contributed by atoms with Crippen LogP contribution in [0.2, 0.25) is 0 Å². The van der Waals surface area contributed by atoms with Crippen LogP contribution < -0.4 is 0 Å². The fourth-order valence-electron chi connectivity index (χ4n) is 2.40. The highest BCUT2D eigenvalue weighted by atomic mass is 16.3. The molecule has 1 aromatic heterocycles. The molecular formula is C13H22N2O2. The van der Waals surface area contributed by atoms with Gasteiger partial charge in [-0.3, -0.25) is 9.80 Å². The van der Waals surface area contributed by atoms with Gasteiger partial charge in [0.15, 0.2) is 0 Å². The third kappa shape index (κ3) is 3.09. The van der Waals surface area contributed by atoms with Gasteiger partial charge in [0.05, 0.1) is 19.4 Å². The van der Waals surface area contributed by atoms with Gasteiger partial charge in [0, 0.05) is 25.2 Å². The number of rotatable bonds is 3. The fourth-order valence-corrected chi connectivity index (χ4v) is 2.40. The number of hydrogen-bond donors (Lipinski definition) is 1. The third-order valence-electron chi connectivity index (χ3n) is 3.77. The predicted octanol–water partition coefficient (Wildman–Crippen LogP) is 1.17. The zero-order valence-electron chi connectivity index (χ0n) is 10.7. The Morgan fingerprint density at radius 3 is 3.00 bits per heavy atom. The Morgan fingerprint density at radius 2 is 2.35 bits per heavy atom. The summed E-state index contributed by atoms with van der Waals surface area (Å²) in [6.07, 6.45) is 2.85. The molecule has 96 valence electrons. The van der Waals surface area contributed by atoms with Crippen LogP contribution in [0.3, 0.4) is 0 Å². The van der Waals surface area contributed by atoms with Crippen molar-refractivity contribution < 1.29 is 9.52 Å². The summed E-state index contributed by atoms with van der Waals surface area (Å²) < 4.78 is 5.38. The summed E-state index contributed by atoms with van der Waals surface area (Å²) in [5.74, 6) is 0.999. The van der Waals surface area contributed by atoms with E-state index in [2.05, 4.69) is 23.8 Å². The smallest absolute Gasteiger partial charge is 0.117 e. The average Bonchev–Trinajstić information content (AvgIpc) is 2.79. The molecule has 0 aliphatic carbocycles. The first-order chi connectivity index (χ1) is 8.20. The summed E-state index contributed by atoms with van der Waals surface area (Å²) in [5.41, 5.74) is 0. The lowest BCUT2D eigenvalue weighted by Crippen LogP contribution is -2.43. The Hall–Kier alpha value is -0.840. The van der Waals surface area contributed by atoms with E-state index in [-0.39, 0.29) is 12.6 Å². The van der Waals surface area contributed by atoms with E-state index in [9.17, 15) is 5.11 Å².